The molecule has 0 atom stereocenters. The second-order valence-electron chi connectivity index (χ2n) is 7.69. The highest BCUT2D eigenvalue weighted by Gasteiger charge is 2.16. The van der Waals surface area contributed by atoms with Crippen LogP contribution in [0.25, 0.3) is 28.0 Å². The lowest BCUT2D eigenvalue weighted by atomic mass is 10.2. The minimum Gasteiger partial charge on any atom is -0.495 e. The number of nitrogens with one attached hydrogen (secondary N) is 2. The van der Waals surface area contributed by atoms with E-state index in [4.69, 9.17) is 56.2 Å². The van der Waals surface area contributed by atoms with Crippen molar-refractivity contribution in [1.82, 2.24) is 20.3 Å². The molecule has 3 aromatic carbocycles. The Bertz CT molecular complexity index is 1670. The summed E-state index contributed by atoms with van der Waals surface area (Å²) in [5, 5.41) is 15.8. The van der Waals surface area contributed by atoms with Gasteiger partial charge in [0, 0.05) is 11.3 Å². The summed E-state index contributed by atoms with van der Waals surface area (Å²) in [5.41, 5.74) is 3.14. The van der Waals surface area contributed by atoms with Crippen LogP contribution in [0.2, 0.25) is 15.1 Å². The Morgan fingerprint density at radius 2 is 1.78 bits per heavy atom. The van der Waals surface area contributed by atoms with Crippen molar-refractivity contribution in [3.8, 4) is 22.8 Å². The lowest BCUT2D eigenvalue weighted by Crippen LogP contribution is -2.33. The van der Waals surface area contributed by atoms with Gasteiger partial charge in [0.05, 0.1) is 27.9 Å². The SMILES string of the molecule is COc1ccc(-n2nc3ccc(NC(=S)NC(=O)c4ccc(-c5cccc(Cl)c5Cl)o4)cc3n2)cc1Cl. The zero-order valence-electron chi connectivity index (χ0n) is 19.0. The van der Waals surface area contributed by atoms with E-state index in [1.54, 1.807) is 67.8 Å². The first kappa shape index (κ1) is 25.0. The monoisotopic (exact) mass is 571 g/mol. The van der Waals surface area contributed by atoms with Crippen molar-refractivity contribution in [3.63, 3.8) is 0 Å². The number of anilines is 1. The maximum atomic E-state index is 12.7. The molecule has 0 aliphatic carbocycles. The number of thiocarbonyl (C=S) groups is 1. The molecule has 0 spiro atoms. The van der Waals surface area contributed by atoms with E-state index in [-0.39, 0.29) is 10.9 Å². The average molecular weight is 573 g/mol. The van der Waals surface area contributed by atoms with Gasteiger partial charge in [0.2, 0.25) is 0 Å². The highest BCUT2D eigenvalue weighted by atomic mass is 35.5. The third kappa shape index (κ3) is 5.26. The fourth-order valence-electron chi connectivity index (χ4n) is 3.51. The fourth-order valence-corrected chi connectivity index (χ4v) is 4.37. The van der Waals surface area contributed by atoms with Crippen molar-refractivity contribution in [2.24, 2.45) is 0 Å². The minimum atomic E-state index is -0.523. The number of carbonyl (C=O) groups excluding carboxylic acids is 1. The van der Waals surface area contributed by atoms with E-state index < -0.39 is 5.91 Å². The third-order valence-corrected chi connectivity index (χ3v) is 6.60. The number of ether oxygens (including phenoxy) is 1. The van der Waals surface area contributed by atoms with Gasteiger partial charge in [0.25, 0.3) is 5.91 Å². The van der Waals surface area contributed by atoms with E-state index >= 15 is 0 Å². The molecule has 5 aromatic rings. The van der Waals surface area contributed by atoms with Gasteiger partial charge in [-0.2, -0.15) is 4.80 Å². The molecule has 5 rings (SSSR count). The van der Waals surface area contributed by atoms with Gasteiger partial charge in [-0.25, -0.2) is 0 Å². The maximum Gasteiger partial charge on any atom is 0.293 e. The van der Waals surface area contributed by atoms with Crippen LogP contribution < -0.4 is 15.4 Å². The Hall–Kier alpha value is -3.63. The summed E-state index contributed by atoms with van der Waals surface area (Å²) < 4.78 is 10.8. The van der Waals surface area contributed by atoms with Crippen LogP contribution in [-0.4, -0.2) is 33.1 Å². The topological polar surface area (TPSA) is 94.2 Å². The fraction of sp³-hybridized carbons (Fsp3) is 0.0400. The van der Waals surface area contributed by atoms with Crippen molar-refractivity contribution in [3.05, 3.63) is 87.6 Å². The summed E-state index contributed by atoms with van der Waals surface area (Å²) in [6.07, 6.45) is 0. The largest absolute Gasteiger partial charge is 0.495 e. The average Bonchev–Trinajstić information content (AvgIpc) is 3.53. The lowest BCUT2D eigenvalue weighted by molar-refractivity contribution is 0.0951. The molecule has 0 bridgehead atoms. The van der Waals surface area contributed by atoms with Crippen molar-refractivity contribution in [2.45, 2.75) is 0 Å². The van der Waals surface area contributed by atoms with E-state index in [0.717, 1.165) is 0 Å². The van der Waals surface area contributed by atoms with Gasteiger partial charge < -0.3 is 14.5 Å². The van der Waals surface area contributed by atoms with E-state index in [1.165, 1.54) is 10.9 Å². The second-order valence-corrected chi connectivity index (χ2v) is 9.29. The van der Waals surface area contributed by atoms with Crippen molar-refractivity contribution >= 4 is 74.8 Å². The van der Waals surface area contributed by atoms with E-state index in [0.29, 0.717) is 54.5 Å². The highest BCUT2D eigenvalue weighted by Crippen LogP contribution is 2.34. The van der Waals surface area contributed by atoms with Crippen LogP contribution in [0.15, 0.2) is 71.1 Å². The summed E-state index contributed by atoms with van der Waals surface area (Å²) in [5.74, 6) is 0.503. The molecular formula is C25H16Cl3N5O3S. The van der Waals surface area contributed by atoms with Gasteiger partial charge in [-0.3, -0.25) is 10.1 Å². The molecule has 2 heterocycles. The van der Waals surface area contributed by atoms with Gasteiger partial charge in [-0.1, -0.05) is 40.9 Å². The summed E-state index contributed by atoms with van der Waals surface area (Å²) in [4.78, 5) is 14.1. The van der Waals surface area contributed by atoms with Crippen molar-refractivity contribution in [2.75, 3.05) is 12.4 Å². The lowest BCUT2D eigenvalue weighted by Gasteiger charge is -2.08. The predicted molar refractivity (Wildman–Crippen MR) is 148 cm³/mol. The van der Waals surface area contributed by atoms with E-state index in [2.05, 4.69) is 20.8 Å². The Morgan fingerprint density at radius 1 is 0.973 bits per heavy atom. The van der Waals surface area contributed by atoms with Crippen LogP contribution >= 0.6 is 47.0 Å². The number of hydrogen-bond acceptors (Lipinski definition) is 6. The molecule has 0 saturated carbocycles. The number of benzene rings is 3. The molecule has 2 aromatic heterocycles. The molecule has 0 unspecified atom stereocenters. The van der Waals surface area contributed by atoms with E-state index in [1.807, 2.05) is 0 Å². The first-order valence-corrected chi connectivity index (χ1v) is 12.2. The molecule has 12 heteroatoms. The first-order valence-electron chi connectivity index (χ1n) is 10.7. The van der Waals surface area contributed by atoms with Crippen molar-refractivity contribution in [1.29, 1.82) is 0 Å². The number of carbonyl (C=O) groups is 1. The number of furan rings is 1. The quantitative estimate of drug-likeness (QED) is 0.224. The normalized spacial score (nSPS) is 10.9. The number of amides is 1. The zero-order valence-corrected chi connectivity index (χ0v) is 22.0. The van der Waals surface area contributed by atoms with Gasteiger partial charge in [-0.05, 0) is 72.9 Å². The number of nitrogens with zero attached hydrogens (tertiary/aromatic N) is 3. The number of aromatic nitrogens is 3. The standard InChI is InChI=1S/C25H16Cl3N5O3S/c1-35-21-8-6-14(12-17(21)27)33-31-18-7-5-13(11-19(18)32-33)29-25(37)30-24(34)22-10-9-20(36-22)15-3-2-4-16(26)23(15)28/h2-12H,1H3,(H2,29,30,34,37). The van der Waals surface area contributed by atoms with Crippen LogP contribution in [0.4, 0.5) is 5.69 Å². The third-order valence-electron chi connectivity index (χ3n) is 5.28. The highest BCUT2D eigenvalue weighted by molar-refractivity contribution is 7.80. The molecule has 37 heavy (non-hydrogen) atoms. The predicted octanol–water partition coefficient (Wildman–Crippen LogP) is 6.78. The molecular weight excluding hydrogens is 557 g/mol. The summed E-state index contributed by atoms with van der Waals surface area (Å²) >= 11 is 23.8. The zero-order chi connectivity index (χ0) is 26.1. The van der Waals surface area contributed by atoms with Crippen molar-refractivity contribution < 1.29 is 13.9 Å². The summed E-state index contributed by atoms with van der Waals surface area (Å²) in [6, 6.07) is 18.9. The molecule has 8 nitrogen and oxygen atoms in total. The molecule has 0 aliphatic rings. The molecule has 1 amide bonds. The van der Waals surface area contributed by atoms with Gasteiger partial charge in [0.15, 0.2) is 10.9 Å². The molecule has 0 radical (unpaired) electrons. The maximum absolute atomic E-state index is 12.7. The number of rotatable bonds is 5. The molecule has 0 aliphatic heterocycles. The number of halogens is 3. The Balaban J connectivity index is 1.27. The molecule has 0 saturated heterocycles. The first-order chi connectivity index (χ1) is 17.8. The number of fused-ring (bicyclic) bond motifs is 1. The van der Waals surface area contributed by atoms with Crippen LogP contribution in [0.3, 0.4) is 0 Å². The van der Waals surface area contributed by atoms with Gasteiger partial charge in [0.1, 0.15) is 22.5 Å². The summed E-state index contributed by atoms with van der Waals surface area (Å²) in [6.45, 7) is 0. The Labute approximate surface area is 231 Å². The Morgan fingerprint density at radius 3 is 2.57 bits per heavy atom. The van der Waals surface area contributed by atoms with Crippen LogP contribution in [0.5, 0.6) is 5.75 Å². The van der Waals surface area contributed by atoms with Gasteiger partial charge >= 0.3 is 0 Å². The minimum absolute atomic E-state index is 0.0618. The molecule has 2 N–H and O–H groups in total. The van der Waals surface area contributed by atoms with Crippen LogP contribution in [0.1, 0.15) is 10.6 Å². The molecule has 186 valence electrons. The summed E-state index contributed by atoms with van der Waals surface area (Å²) in [7, 11) is 1.55. The van der Waals surface area contributed by atoms with Crippen LogP contribution in [0, 0.1) is 0 Å². The number of methoxy groups -OCH3 is 1. The smallest absolute Gasteiger partial charge is 0.293 e. The second kappa shape index (κ2) is 10.4. The van der Waals surface area contributed by atoms with Crippen LogP contribution in [-0.2, 0) is 0 Å². The molecule has 0 fully saturated rings. The van der Waals surface area contributed by atoms with Gasteiger partial charge in [-0.15, -0.1) is 10.2 Å². The Kier molecular flexibility index (Phi) is 7.03. The van der Waals surface area contributed by atoms with E-state index in [9.17, 15) is 4.79 Å². The number of hydrogen-bond donors (Lipinski definition) is 2.